The Hall–Kier alpha value is -3.25. The quantitative estimate of drug-likeness (QED) is 0.516. The van der Waals surface area contributed by atoms with E-state index in [9.17, 15) is 9.59 Å². The topological polar surface area (TPSA) is 58.6 Å². The lowest BCUT2D eigenvalue weighted by Crippen LogP contribution is -2.29. The summed E-state index contributed by atoms with van der Waals surface area (Å²) in [6, 6.07) is 22.7. The van der Waals surface area contributed by atoms with Gasteiger partial charge in [0.25, 0.3) is 5.91 Å². The second-order valence-electron chi connectivity index (χ2n) is 7.91. The molecule has 0 aromatic heterocycles. The molecule has 5 nitrogen and oxygen atoms in total. The molecule has 6 heteroatoms. The van der Waals surface area contributed by atoms with Gasteiger partial charge in [0.15, 0.2) is 0 Å². The zero-order chi connectivity index (χ0) is 22.7. The summed E-state index contributed by atoms with van der Waals surface area (Å²) in [6.45, 7) is 4.26. The number of ether oxygens (including phenoxy) is 1. The Bertz CT molecular complexity index is 1130. The molecule has 32 heavy (non-hydrogen) atoms. The van der Waals surface area contributed by atoms with Crippen molar-refractivity contribution >= 4 is 35.0 Å². The van der Waals surface area contributed by atoms with E-state index in [-0.39, 0.29) is 23.1 Å². The molecule has 0 unspecified atom stereocenters. The number of para-hydroxylation sites is 2. The van der Waals surface area contributed by atoms with Crippen molar-refractivity contribution in [1.29, 1.82) is 0 Å². The number of carbonyl (C=O) groups is 2. The fraction of sp³-hybridized carbons (Fsp3) is 0.231. The number of nitrogens with one attached hydrogen (secondary N) is 1. The fourth-order valence-corrected chi connectivity index (χ4v) is 5.08. The maximum absolute atomic E-state index is 13.0. The number of hydrogen-bond acceptors (Lipinski definition) is 4. The second-order valence-corrected chi connectivity index (χ2v) is 8.98. The highest BCUT2D eigenvalue weighted by Gasteiger charge is 2.36. The van der Waals surface area contributed by atoms with Gasteiger partial charge in [0.1, 0.15) is 11.1 Å². The van der Waals surface area contributed by atoms with Gasteiger partial charge in [-0.15, -0.1) is 11.8 Å². The minimum Gasteiger partial charge on any atom is -0.497 e. The van der Waals surface area contributed by atoms with Crippen LogP contribution in [0.3, 0.4) is 0 Å². The Morgan fingerprint density at radius 2 is 1.72 bits per heavy atom. The lowest BCUT2D eigenvalue weighted by atomic mass is 10.00. The van der Waals surface area contributed by atoms with E-state index < -0.39 is 0 Å². The van der Waals surface area contributed by atoms with E-state index in [4.69, 9.17) is 4.74 Å². The molecule has 0 aliphatic carbocycles. The number of thioether (sulfide) groups is 1. The molecule has 1 aliphatic rings. The second kappa shape index (κ2) is 9.49. The van der Waals surface area contributed by atoms with Crippen molar-refractivity contribution in [3.8, 4) is 5.75 Å². The van der Waals surface area contributed by atoms with Crippen LogP contribution in [-0.2, 0) is 4.79 Å². The molecular formula is C26H26N2O3S. The van der Waals surface area contributed by atoms with Gasteiger partial charge in [0.2, 0.25) is 5.91 Å². The van der Waals surface area contributed by atoms with Crippen molar-refractivity contribution in [3.05, 3.63) is 89.5 Å². The van der Waals surface area contributed by atoms with E-state index in [1.165, 1.54) is 0 Å². The molecule has 164 valence electrons. The molecule has 1 atom stereocenters. The average molecular weight is 447 g/mol. The van der Waals surface area contributed by atoms with E-state index >= 15 is 0 Å². The monoisotopic (exact) mass is 446 g/mol. The third-order valence-electron chi connectivity index (χ3n) is 5.51. The smallest absolute Gasteiger partial charge is 0.255 e. The van der Waals surface area contributed by atoms with E-state index in [1.54, 1.807) is 43.1 Å². The van der Waals surface area contributed by atoms with Gasteiger partial charge in [-0.1, -0.05) is 50.2 Å². The van der Waals surface area contributed by atoms with Crippen LogP contribution in [0.2, 0.25) is 0 Å². The Balaban J connectivity index is 1.67. The zero-order valence-corrected chi connectivity index (χ0v) is 19.2. The lowest BCUT2D eigenvalue weighted by molar-refractivity contribution is -0.115. The summed E-state index contributed by atoms with van der Waals surface area (Å²) in [5.41, 5.74) is 4.21. The molecule has 0 saturated carbocycles. The van der Waals surface area contributed by atoms with Crippen LogP contribution in [0, 0.1) is 0 Å². The van der Waals surface area contributed by atoms with Crippen molar-refractivity contribution in [2.75, 3.05) is 23.1 Å². The van der Waals surface area contributed by atoms with Gasteiger partial charge < -0.3 is 10.1 Å². The first-order chi connectivity index (χ1) is 15.5. The normalized spacial score (nSPS) is 15.8. The Morgan fingerprint density at radius 3 is 2.44 bits per heavy atom. The molecule has 1 fully saturated rings. The molecule has 0 spiro atoms. The number of carbonyl (C=O) groups excluding carboxylic acids is 2. The van der Waals surface area contributed by atoms with Gasteiger partial charge in [-0.3, -0.25) is 14.5 Å². The molecule has 0 bridgehead atoms. The van der Waals surface area contributed by atoms with Crippen molar-refractivity contribution in [2.45, 2.75) is 25.1 Å². The van der Waals surface area contributed by atoms with Gasteiger partial charge in [-0.05, 0) is 47.9 Å². The van der Waals surface area contributed by atoms with Gasteiger partial charge >= 0.3 is 0 Å². The summed E-state index contributed by atoms with van der Waals surface area (Å²) in [7, 11) is 1.59. The molecular weight excluding hydrogens is 420 g/mol. The Morgan fingerprint density at radius 1 is 1.03 bits per heavy atom. The van der Waals surface area contributed by atoms with Crippen LogP contribution < -0.4 is 15.0 Å². The highest BCUT2D eigenvalue weighted by atomic mass is 32.2. The molecule has 1 heterocycles. The molecule has 4 rings (SSSR count). The molecule has 1 N–H and O–H groups in total. The van der Waals surface area contributed by atoms with E-state index in [1.807, 2.05) is 47.4 Å². The van der Waals surface area contributed by atoms with Crippen LogP contribution in [-0.4, -0.2) is 24.7 Å². The average Bonchev–Trinajstić information content (AvgIpc) is 3.20. The molecule has 3 aromatic carbocycles. The predicted octanol–water partition coefficient (Wildman–Crippen LogP) is 5.85. The SMILES string of the molecule is COc1ccc(C(=O)Nc2ccccc2[C@@H]2SCC(=O)N2c2ccccc2C(C)C)cc1. The van der Waals surface area contributed by atoms with Crippen LogP contribution in [0.5, 0.6) is 5.75 Å². The predicted molar refractivity (Wildman–Crippen MR) is 131 cm³/mol. The van der Waals surface area contributed by atoms with E-state index in [0.717, 1.165) is 16.8 Å². The van der Waals surface area contributed by atoms with Gasteiger partial charge in [-0.25, -0.2) is 0 Å². The van der Waals surface area contributed by atoms with Crippen molar-refractivity contribution in [2.24, 2.45) is 0 Å². The molecule has 3 aromatic rings. The largest absolute Gasteiger partial charge is 0.497 e. The maximum atomic E-state index is 13.0. The van der Waals surface area contributed by atoms with Crippen molar-refractivity contribution in [1.82, 2.24) is 0 Å². The van der Waals surface area contributed by atoms with E-state index in [0.29, 0.717) is 22.8 Å². The number of anilines is 2. The number of rotatable bonds is 6. The van der Waals surface area contributed by atoms with Crippen LogP contribution >= 0.6 is 11.8 Å². The van der Waals surface area contributed by atoms with Gasteiger partial charge in [-0.2, -0.15) is 0 Å². The lowest BCUT2D eigenvalue weighted by Gasteiger charge is -2.29. The number of hydrogen-bond donors (Lipinski definition) is 1. The molecule has 1 aliphatic heterocycles. The summed E-state index contributed by atoms with van der Waals surface area (Å²) in [5.74, 6) is 1.25. The van der Waals surface area contributed by atoms with Gasteiger partial charge in [0, 0.05) is 22.5 Å². The first kappa shape index (κ1) is 22.0. The molecule has 1 saturated heterocycles. The van der Waals surface area contributed by atoms with E-state index in [2.05, 4.69) is 25.2 Å². The van der Waals surface area contributed by atoms with Crippen LogP contribution in [0.1, 0.15) is 46.6 Å². The van der Waals surface area contributed by atoms with Gasteiger partial charge in [0.05, 0.1) is 12.9 Å². The fourth-order valence-electron chi connectivity index (χ4n) is 3.87. The summed E-state index contributed by atoms with van der Waals surface area (Å²) < 4.78 is 5.17. The van der Waals surface area contributed by atoms with Crippen molar-refractivity contribution < 1.29 is 14.3 Å². The van der Waals surface area contributed by atoms with Crippen LogP contribution in [0.4, 0.5) is 11.4 Å². The standard InChI is InChI=1S/C26H26N2O3S/c1-17(2)20-8-5-7-11-23(20)28-24(29)16-32-26(28)21-9-4-6-10-22(21)27-25(30)18-12-14-19(31-3)15-13-18/h4-15,17,26H,16H2,1-3H3,(H,27,30)/t26-/m0/s1. The number of amides is 2. The third kappa shape index (κ3) is 4.36. The highest BCUT2D eigenvalue weighted by molar-refractivity contribution is 8.00. The molecule has 0 radical (unpaired) electrons. The first-order valence-corrected chi connectivity index (χ1v) is 11.6. The number of benzene rings is 3. The minimum atomic E-state index is -0.213. The third-order valence-corrected chi connectivity index (χ3v) is 6.71. The highest BCUT2D eigenvalue weighted by Crippen LogP contribution is 2.46. The summed E-state index contributed by atoms with van der Waals surface area (Å²) >= 11 is 1.58. The Labute approximate surface area is 192 Å². The van der Waals surface area contributed by atoms with Crippen LogP contribution in [0.25, 0.3) is 0 Å². The number of methoxy groups -OCH3 is 1. The van der Waals surface area contributed by atoms with Crippen LogP contribution in [0.15, 0.2) is 72.8 Å². The first-order valence-electron chi connectivity index (χ1n) is 10.6. The zero-order valence-electron chi connectivity index (χ0n) is 18.4. The minimum absolute atomic E-state index is 0.0735. The maximum Gasteiger partial charge on any atom is 0.255 e. The van der Waals surface area contributed by atoms with Crippen molar-refractivity contribution in [3.63, 3.8) is 0 Å². The summed E-state index contributed by atoms with van der Waals surface area (Å²) in [5, 5.41) is 2.82. The summed E-state index contributed by atoms with van der Waals surface area (Å²) in [6.07, 6.45) is 0. The summed E-state index contributed by atoms with van der Waals surface area (Å²) in [4.78, 5) is 27.7. The molecule has 2 amide bonds. The number of nitrogens with zero attached hydrogens (tertiary/aromatic N) is 1. The Kier molecular flexibility index (Phi) is 6.51.